The summed E-state index contributed by atoms with van der Waals surface area (Å²) in [5.41, 5.74) is 0. The molecule has 0 saturated carbocycles. The number of nitrogens with one attached hydrogen (secondary N) is 1. The van der Waals surface area contributed by atoms with Gasteiger partial charge >= 0.3 is 0 Å². The SMILES string of the molecule is CCNC(CSCC(C)C)c1sccc1Cl. The van der Waals surface area contributed by atoms with Gasteiger partial charge in [0.05, 0.1) is 11.1 Å². The van der Waals surface area contributed by atoms with Crippen molar-refractivity contribution in [2.45, 2.75) is 26.8 Å². The minimum atomic E-state index is 0.404. The molecule has 0 aromatic carbocycles. The smallest absolute Gasteiger partial charge is 0.0561 e. The Kier molecular flexibility index (Phi) is 6.81. The van der Waals surface area contributed by atoms with Gasteiger partial charge in [-0.3, -0.25) is 0 Å². The first-order valence-corrected chi connectivity index (χ1v) is 8.10. The van der Waals surface area contributed by atoms with Gasteiger partial charge in [-0.05, 0) is 29.7 Å². The lowest BCUT2D eigenvalue weighted by atomic mass is 10.3. The molecule has 1 unspecified atom stereocenters. The van der Waals surface area contributed by atoms with Crippen LogP contribution in [0.25, 0.3) is 0 Å². The van der Waals surface area contributed by atoms with E-state index in [0.717, 1.165) is 23.2 Å². The quantitative estimate of drug-likeness (QED) is 0.791. The highest BCUT2D eigenvalue weighted by Crippen LogP contribution is 2.30. The molecule has 0 amide bonds. The van der Waals surface area contributed by atoms with E-state index in [1.807, 2.05) is 17.8 Å². The Balaban J connectivity index is 2.51. The number of thiophene rings is 1. The van der Waals surface area contributed by atoms with E-state index < -0.39 is 0 Å². The number of halogens is 1. The maximum Gasteiger partial charge on any atom is 0.0561 e. The van der Waals surface area contributed by atoms with Crippen LogP contribution in [0.4, 0.5) is 0 Å². The van der Waals surface area contributed by atoms with Crippen LogP contribution in [0.1, 0.15) is 31.7 Å². The van der Waals surface area contributed by atoms with Crippen molar-refractivity contribution in [3.63, 3.8) is 0 Å². The molecule has 0 radical (unpaired) electrons. The molecule has 4 heteroatoms. The lowest BCUT2D eigenvalue weighted by molar-refractivity contribution is 0.614. The van der Waals surface area contributed by atoms with Crippen LogP contribution in [-0.2, 0) is 0 Å². The Morgan fingerprint density at radius 1 is 1.44 bits per heavy atom. The van der Waals surface area contributed by atoms with Crippen molar-refractivity contribution >= 4 is 34.7 Å². The first kappa shape index (κ1) is 14.4. The summed E-state index contributed by atoms with van der Waals surface area (Å²) in [7, 11) is 0. The molecule has 1 heterocycles. The molecule has 0 aliphatic carbocycles. The van der Waals surface area contributed by atoms with Crippen molar-refractivity contribution in [1.29, 1.82) is 0 Å². The summed E-state index contributed by atoms with van der Waals surface area (Å²) in [5.74, 6) is 3.07. The van der Waals surface area contributed by atoms with Crippen LogP contribution in [0.5, 0.6) is 0 Å². The van der Waals surface area contributed by atoms with Gasteiger partial charge in [-0.1, -0.05) is 32.4 Å². The second kappa shape index (κ2) is 7.59. The van der Waals surface area contributed by atoms with Crippen LogP contribution in [0.15, 0.2) is 11.4 Å². The molecular formula is C12H20ClNS2. The first-order chi connectivity index (χ1) is 7.65. The highest BCUT2D eigenvalue weighted by Gasteiger charge is 2.15. The van der Waals surface area contributed by atoms with Gasteiger partial charge in [0.15, 0.2) is 0 Å². The van der Waals surface area contributed by atoms with Gasteiger partial charge in [0, 0.05) is 10.6 Å². The van der Waals surface area contributed by atoms with Crippen molar-refractivity contribution in [3.8, 4) is 0 Å². The molecule has 1 rings (SSSR count). The molecule has 1 aromatic rings. The molecule has 1 atom stereocenters. The monoisotopic (exact) mass is 277 g/mol. The standard InChI is InChI=1S/C12H20ClNS2/c1-4-14-11(8-15-7-9(2)3)12-10(13)5-6-16-12/h5-6,9,11,14H,4,7-8H2,1-3H3. The van der Waals surface area contributed by atoms with Crippen LogP contribution in [-0.4, -0.2) is 18.1 Å². The maximum atomic E-state index is 6.17. The van der Waals surface area contributed by atoms with E-state index in [2.05, 4.69) is 31.5 Å². The topological polar surface area (TPSA) is 12.0 Å². The Bertz CT molecular complexity index is 299. The third-order valence-electron chi connectivity index (χ3n) is 2.15. The number of hydrogen-bond acceptors (Lipinski definition) is 3. The van der Waals surface area contributed by atoms with Crippen molar-refractivity contribution in [2.75, 3.05) is 18.1 Å². The van der Waals surface area contributed by atoms with Crippen LogP contribution in [0.3, 0.4) is 0 Å². The molecule has 1 aromatic heterocycles. The third-order valence-corrected chi connectivity index (χ3v) is 5.09. The van der Waals surface area contributed by atoms with Gasteiger partial charge in [-0.25, -0.2) is 0 Å². The molecule has 0 fully saturated rings. The predicted molar refractivity (Wildman–Crippen MR) is 77.9 cm³/mol. The van der Waals surface area contributed by atoms with Crippen LogP contribution in [0, 0.1) is 5.92 Å². The van der Waals surface area contributed by atoms with E-state index in [4.69, 9.17) is 11.6 Å². The fraction of sp³-hybridized carbons (Fsp3) is 0.667. The van der Waals surface area contributed by atoms with E-state index in [1.165, 1.54) is 10.6 Å². The normalized spacial score (nSPS) is 13.3. The zero-order chi connectivity index (χ0) is 12.0. The van der Waals surface area contributed by atoms with Gasteiger partial charge in [-0.2, -0.15) is 11.8 Å². The van der Waals surface area contributed by atoms with Gasteiger partial charge < -0.3 is 5.32 Å². The van der Waals surface area contributed by atoms with Gasteiger partial charge in [0.2, 0.25) is 0 Å². The molecule has 1 N–H and O–H groups in total. The summed E-state index contributed by atoms with van der Waals surface area (Å²) in [6, 6.07) is 2.39. The van der Waals surface area contributed by atoms with Crippen molar-refractivity contribution in [2.24, 2.45) is 5.92 Å². The first-order valence-electron chi connectivity index (χ1n) is 5.69. The summed E-state index contributed by atoms with van der Waals surface area (Å²) >= 11 is 9.92. The Labute approximate surface area is 112 Å². The molecule has 92 valence electrons. The van der Waals surface area contributed by atoms with Crippen molar-refractivity contribution in [3.05, 3.63) is 21.3 Å². The van der Waals surface area contributed by atoms with Crippen molar-refractivity contribution in [1.82, 2.24) is 5.32 Å². The summed E-state index contributed by atoms with van der Waals surface area (Å²) in [6.45, 7) is 7.64. The van der Waals surface area contributed by atoms with E-state index in [9.17, 15) is 0 Å². The van der Waals surface area contributed by atoms with Gasteiger partial charge in [0.25, 0.3) is 0 Å². The summed E-state index contributed by atoms with van der Waals surface area (Å²) in [5, 5.41) is 6.47. The molecule has 0 spiro atoms. The zero-order valence-electron chi connectivity index (χ0n) is 10.1. The third kappa shape index (κ3) is 4.66. The van der Waals surface area contributed by atoms with E-state index in [1.54, 1.807) is 11.3 Å². The second-order valence-electron chi connectivity index (χ2n) is 4.17. The Hall–Kier alpha value is 0.300. The molecule has 16 heavy (non-hydrogen) atoms. The molecular weight excluding hydrogens is 258 g/mol. The Morgan fingerprint density at radius 3 is 2.69 bits per heavy atom. The average molecular weight is 278 g/mol. The highest BCUT2D eigenvalue weighted by molar-refractivity contribution is 7.99. The van der Waals surface area contributed by atoms with E-state index >= 15 is 0 Å². The minimum Gasteiger partial charge on any atom is -0.309 e. The van der Waals surface area contributed by atoms with Gasteiger partial charge in [0.1, 0.15) is 0 Å². The number of hydrogen-bond donors (Lipinski definition) is 1. The second-order valence-corrected chi connectivity index (χ2v) is 6.60. The molecule has 0 aliphatic rings. The fourth-order valence-corrected chi connectivity index (χ4v) is 3.95. The predicted octanol–water partition coefficient (Wildman–Crippen LogP) is 4.44. The van der Waals surface area contributed by atoms with Crippen LogP contribution in [0.2, 0.25) is 5.02 Å². The maximum absolute atomic E-state index is 6.17. The molecule has 1 nitrogen and oxygen atoms in total. The molecule has 0 aliphatic heterocycles. The minimum absolute atomic E-state index is 0.404. The number of thioether (sulfide) groups is 1. The number of rotatable bonds is 7. The zero-order valence-corrected chi connectivity index (χ0v) is 12.5. The van der Waals surface area contributed by atoms with Gasteiger partial charge in [-0.15, -0.1) is 11.3 Å². The van der Waals surface area contributed by atoms with E-state index in [-0.39, 0.29) is 0 Å². The van der Waals surface area contributed by atoms with Crippen LogP contribution < -0.4 is 5.32 Å². The van der Waals surface area contributed by atoms with E-state index in [0.29, 0.717) is 6.04 Å². The highest BCUT2D eigenvalue weighted by atomic mass is 35.5. The molecule has 0 saturated heterocycles. The van der Waals surface area contributed by atoms with Crippen LogP contribution >= 0.6 is 34.7 Å². The Morgan fingerprint density at radius 2 is 2.19 bits per heavy atom. The lowest BCUT2D eigenvalue weighted by Gasteiger charge is -2.17. The fourth-order valence-electron chi connectivity index (χ4n) is 1.45. The summed E-state index contributed by atoms with van der Waals surface area (Å²) in [6.07, 6.45) is 0. The van der Waals surface area contributed by atoms with Crippen molar-refractivity contribution < 1.29 is 0 Å². The largest absolute Gasteiger partial charge is 0.309 e. The lowest BCUT2D eigenvalue weighted by Crippen LogP contribution is -2.22. The summed E-state index contributed by atoms with van der Waals surface area (Å²) in [4.78, 5) is 1.28. The summed E-state index contributed by atoms with van der Waals surface area (Å²) < 4.78 is 0. The molecule has 0 bridgehead atoms. The average Bonchev–Trinajstić information content (AvgIpc) is 2.63.